The summed E-state index contributed by atoms with van der Waals surface area (Å²) in [5.41, 5.74) is 0.496. The van der Waals surface area contributed by atoms with Crippen LogP contribution >= 0.6 is 11.6 Å². The second-order valence-corrected chi connectivity index (χ2v) is 9.57. The number of ether oxygens (including phenoxy) is 1. The van der Waals surface area contributed by atoms with Gasteiger partial charge in [0.2, 0.25) is 10.0 Å². The van der Waals surface area contributed by atoms with Gasteiger partial charge in [-0.15, -0.1) is 0 Å². The van der Waals surface area contributed by atoms with Gasteiger partial charge in [-0.05, 0) is 56.7 Å². The molecule has 2 rings (SSSR count). The maximum Gasteiger partial charge on any atom is 0.253 e. The van der Waals surface area contributed by atoms with E-state index in [-0.39, 0.29) is 21.4 Å². The Hall–Kier alpha value is -2.09. The molecule has 0 bridgehead atoms. The number of rotatable bonds is 6. The Kier molecular flexibility index (Phi) is 6.75. The highest BCUT2D eigenvalue weighted by atomic mass is 35.5. The zero-order valence-corrected chi connectivity index (χ0v) is 18.2. The summed E-state index contributed by atoms with van der Waals surface area (Å²) in [6.07, 6.45) is 0. The molecular weight excluding hydrogens is 400 g/mol. The largest absolute Gasteiger partial charge is 0.497 e. The number of benzene rings is 2. The van der Waals surface area contributed by atoms with Crippen LogP contribution in [0.4, 0.5) is 0 Å². The van der Waals surface area contributed by atoms with Gasteiger partial charge in [0.1, 0.15) is 10.6 Å². The maximum absolute atomic E-state index is 12.8. The molecule has 8 heteroatoms. The van der Waals surface area contributed by atoms with Gasteiger partial charge in [-0.25, -0.2) is 13.1 Å². The summed E-state index contributed by atoms with van der Waals surface area (Å²) in [5, 5.41) is 0.0612. The average molecular weight is 425 g/mol. The van der Waals surface area contributed by atoms with Crippen molar-refractivity contribution in [1.29, 1.82) is 0 Å². The van der Waals surface area contributed by atoms with Crippen molar-refractivity contribution in [3.05, 3.63) is 58.6 Å². The molecule has 1 amide bonds. The second-order valence-electron chi connectivity index (χ2n) is 7.51. The van der Waals surface area contributed by atoms with Crippen LogP contribution in [0.1, 0.15) is 36.7 Å². The molecule has 2 aromatic rings. The summed E-state index contributed by atoms with van der Waals surface area (Å²) >= 11 is 6.10. The van der Waals surface area contributed by atoms with Gasteiger partial charge in [0, 0.05) is 24.7 Å². The molecule has 2 aromatic carbocycles. The molecule has 0 spiro atoms. The number of amides is 1. The third-order valence-electron chi connectivity index (χ3n) is 3.83. The summed E-state index contributed by atoms with van der Waals surface area (Å²) in [5.74, 6) is 0.427. The molecule has 152 valence electrons. The molecule has 0 unspecified atom stereocenters. The lowest BCUT2D eigenvalue weighted by Crippen LogP contribution is -2.40. The molecular formula is C20H25ClN2O4S. The first-order valence-corrected chi connectivity index (χ1v) is 10.5. The van der Waals surface area contributed by atoms with E-state index in [1.165, 1.54) is 23.1 Å². The number of hydrogen-bond donors (Lipinski definition) is 1. The van der Waals surface area contributed by atoms with Crippen LogP contribution in [0.25, 0.3) is 0 Å². The Balaban J connectivity index is 2.25. The van der Waals surface area contributed by atoms with E-state index in [0.717, 1.165) is 11.3 Å². The standard InChI is InChI=1S/C20H25ClN2O4S/c1-20(2,3)22-28(25,26)18-12-15(8-11-17(18)21)19(24)23(4)13-14-6-9-16(27-5)10-7-14/h6-12,22H,13H2,1-5H3. The first-order chi connectivity index (χ1) is 12.9. The van der Waals surface area contributed by atoms with Crippen LogP contribution in [0.3, 0.4) is 0 Å². The van der Waals surface area contributed by atoms with Crippen molar-refractivity contribution in [1.82, 2.24) is 9.62 Å². The van der Waals surface area contributed by atoms with E-state index in [1.54, 1.807) is 34.9 Å². The number of nitrogens with zero attached hydrogens (tertiary/aromatic N) is 1. The zero-order valence-electron chi connectivity index (χ0n) is 16.6. The van der Waals surface area contributed by atoms with Crippen molar-refractivity contribution in [2.45, 2.75) is 37.8 Å². The first kappa shape index (κ1) is 22.2. The van der Waals surface area contributed by atoms with Crippen molar-refractivity contribution >= 4 is 27.5 Å². The monoisotopic (exact) mass is 424 g/mol. The number of carbonyl (C=O) groups excluding carboxylic acids is 1. The lowest BCUT2D eigenvalue weighted by molar-refractivity contribution is 0.0785. The van der Waals surface area contributed by atoms with Crippen molar-refractivity contribution in [2.24, 2.45) is 0 Å². The highest BCUT2D eigenvalue weighted by molar-refractivity contribution is 7.89. The molecule has 0 saturated carbocycles. The second kappa shape index (κ2) is 8.51. The van der Waals surface area contributed by atoms with E-state index in [4.69, 9.17) is 16.3 Å². The van der Waals surface area contributed by atoms with E-state index < -0.39 is 15.6 Å². The molecule has 28 heavy (non-hydrogen) atoms. The van der Waals surface area contributed by atoms with Crippen molar-refractivity contribution < 1.29 is 17.9 Å². The predicted molar refractivity (Wildman–Crippen MR) is 110 cm³/mol. The molecule has 0 saturated heterocycles. The van der Waals surface area contributed by atoms with E-state index in [9.17, 15) is 13.2 Å². The average Bonchev–Trinajstić information content (AvgIpc) is 2.60. The number of nitrogens with one attached hydrogen (secondary N) is 1. The lowest BCUT2D eigenvalue weighted by atomic mass is 10.1. The molecule has 0 radical (unpaired) electrons. The van der Waals surface area contributed by atoms with E-state index in [1.807, 2.05) is 24.3 Å². The summed E-state index contributed by atoms with van der Waals surface area (Å²) in [4.78, 5) is 14.2. The Labute approximate surface area is 171 Å². The van der Waals surface area contributed by atoms with E-state index in [2.05, 4.69) is 4.72 Å². The molecule has 0 atom stereocenters. The minimum absolute atomic E-state index is 0.0612. The number of sulfonamides is 1. The lowest BCUT2D eigenvalue weighted by Gasteiger charge is -2.22. The summed E-state index contributed by atoms with van der Waals surface area (Å²) < 4.78 is 32.9. The summed E-state index contributed by atoms with van der Waals surface area (Å²) in [6.45, 7) is 5.57. The van der Waals surface area contributed by atoms with E-state index in [0.29, 0.717) is 6.54 Å². The molecule has 0 aliphatic carbocycles. The molecule has 0 aromatic heterocycles. The quantitative estimate of drug-likeness (QED) is 0.767. The zero-order chi connectivity index (χ0) is 21.1. The highest BCUT2D eigenvalue weighted by Gasteiger charge is 2.26. The molecule has 6 nitrogen and oxygen atoms in total. The minimum Gasteiger partial charge on any atom is -0.497 e. The van der Waals surface area contributed by atoms with Crippen molar-refractivity contribution in [2.75, 3.05) is 14.2 Å². The molecule has 0 heterocycles. The van der Waals surface area contributed by atoms with Crippen LogP contribution in [0.15, 0.2) is 47.4 Å². The van der Waals surface area contributed by atoms with Gasteiger partial charge in [0.25, 0.3) is 5.91 Å². The Bertz CT molecular complexity index is 951. The van der Waals surface area contributed by atoms with Crippen LogP contribution in [-0.2, 0) is 16.6 Å². The fraction of sp³-hybridized carbons (Fsp3) is 0.350. The first-order valence-electron chi connectivity index (χ1n) is 8.65. The molecule has 0 fully saturated rings. The van der Waals surface area contributed by atoms with Gasteiger partial charge in [0.15, 0.2) is 0 Å². The van der Waals surface area contributed by atoms with Crippen LogP contribution in [-0.4, -0.2) is 38.9 Å². The van der Waals surface area contributed by atoms with Crippen LogP contribution in [0.2, 0.25) is 5.02 Å². The smallest absolute Gasteiger partial charge is 0.253 e. The topological polar surface area (TPSA) is 75.7 Å². The highest BCUT2D eigenvalue weighted by Crippen LogP contribution is 2.25. The molecule has 0 aliphatic heterocycles. The Morgan fingerprint density at radius 3 is 2.29 bits per heavy atom. The SMILES string of the molecule is COc1ccc(CN(C)C(=O)c2ccc(Cl)c(S(=O)(=O)NC(C)(C)C)c2)cc1. The Morgan fingerprint density at radius 1 is 1.14 bits per heavy atom. The summed E-state index contributed by atoms with van der Waals surface area (Å²) in [6, 6.07) is 11.6. The van der Waals surface area contributed by atoms with Crippen molar-refractivity contribution in [3.63, 3.8) is 0 Å². The number of halogens is 1. The number of carbonyl (C=O) groups is 1. The van der Waals surface area contributed by atoms with Gasteiger partial charge < -0.3 is 9.64 Å². The van der Waals surface area contributed by atoms with Crippen molar-refractivity contribution in [3.8, 4) is 5.75 Å². The third-order valence-corrected chi connectivity index (χ3v) is 6.07. The number of methoxy groups -OCH3 is 1. The maximum atomic E-state index is 12.8. The Morgan fingerprint density at radius 2 is 1.75 bits per heavy atom. The van der Waals surface area contributed by atoms with Gasteiger partial charge in [-0.2, -0.15) is 0 Å². The van der Waals surface area contributed by atoms with Gasteiger partial charge in [-0.3, -0.25) is 4.79 Å². The minimum atomic E-state index is -3.86. The fourth-order valence-corrected chi connectivity index (χ4v) is 4.54. The van der Waals surface area contributed by atoms with E-state index >= 15 is 0 Å². The predicted octanol–water partition coefficient (Wildman–Crippen LogP) is 3.70. The normalized spacial score (nSPS) is 11.9. The fourth-order valence-electron chi connectivity index (χ4n) is 2.60. The van der Waals surface area contributed by atoms with Crippen LogP contribution in [0, 0.1) is 0 Å². The van der Waals surface area contributed by atoms with Crippen LogP contribution < -0.4 is 9.46 Å². The van der Waals surface area contributed by atoms with Gasteiger partial charge >= 0.3 is 0 Å². The van der Waals surface area contributed by atoms with Gasteiger partial charge in [-0.1, -0.05) is 23.7 Å². The molecule has 0 aliphatic rings. The number of hydrogen-bond acceptors (Lipinski definition) is 4. The van der Waals surface area contributed by atoms with Crippen LogP contribution in [0.5, 0.6) is 5.75 Å². The summed E-state index contributed by atoms with van der Waals surface area (Å²) in [7, 11) is -0.619. The third kappa shape index (κ3) is 5.70. The van der Waals surface area contributed by atoms with Gasteiger partial charge in [0.05, 0.1) is 12.1 Å². The molecule has 1 N–H and O–H groups in total.